The molecule has 5 heteroatoms. The van der Waals surface area contributed by atoms with E-state index in [4.69, 9.17) is 0 Å². The average Bonchev–Trinajstić information content (AvgIpc) is 2.84. The number of aromatic amines is 1. The molecule has 0 aliphatic carbocycles. The Kier molecular flexibility index (Phi) is 2.49. The predicted molar refractivity (Wildman–Crippen MR) is 68.3 cm³/mol. The number of nitrogens with zero attached hydrogens (tertiary/aromatic N) is 2. The Hall–Kier alpha value is -2.69. The summed E-state index contributed by atoms with van der Waals surface area (Å²) >= 11 is 0. The van der Waals surface area contributed by atoms with Crippen LogP contribution < -0.4 is 5.32 Å². The first-order valence-corrected chi connectivity index (χ1v) is 5.49. The maximum absolute atomic E-state index is 12.1. The van der Waals surface area contributed by atoms with E-state index in [1.807, 2.05) is 18.2 Å². The maximum atomic E-state index is 12.1. The van der Waals surface area contributed by atoms with Crippen molar-refractivity contribution in [2.24, 2.45) is 0 Å². The fourth-order valence-corrected chi connectivity index (χ4v) is 1.75. The van der Waals surface area contributed by atoms with Gasteiger partial charge >= 0.3 is 0 Å². The summed E-state index contributed by atoms with van der Waals surface area (Å²) in [5.41, 5.74) is 2.01. The van der Waals surface area contributed by atoms with Gasteiger partial charge < -0.3 is 10.3 Å². The largest absolute Gasteiger partial charge is 0.359 e. The van der Waals surface area contributed by atoms with Gasteiger partial charge in [-0.15, -0.1) is 0 Å². The van der Waals surface area contributed by atoms with E-state index in [0.717, 1.165) is 5.52 Å². The number of nitrogens with one attached hydrogen (secondary N) is 2. The minimum Gasteiger partial charge on any atom is -0.359 e. The van der Waals surface area contributed by atoms with Gasteiger partial charge in [0, 0.05) is 18.6 Å². The average molecular weight is 238 g/mol. The van der Waals surface area contributed by atoms with Gasteiger partial charge in [-0.2, -0.15) is 0 Å². The number of hydrogen-bond donors (Lipinski definition) is 2. The molecular weight excluding hydrogens is 228 g/mol. The first kappa shape index (κ1) is 10.5. The molecule has 2 N–H and O–H groups in total. The highest BCUT2D eigenvalue weighted by atomic mass is 16.1. The lowest BCUT2D eigenvalue weighted by molar-refractivity contribution is 0.102. The molecule has 0 radical (unpaired) electrons. The number of rotatable bonds is 2. The monoisotopic (exact) mass is 238 g/mol. The lowest BCUT2D eigenvalue weighted by Crippen LogP contribution is -2.12. The second kappa shape index (κ2) is 4.29. The minimum absolute atomic E-state index is 0.223. The van der Waals surface area contributed by atoms with Gasteiger partial charge in [0.2, 0.25) is 0 Å². The number of carbonyl (C=O) groups excluding carboxylic acids is 1. The van der Waals surface area contributed by atoms with Crippen LogP contribution in [0.2, 0.25) is 0 Å². The van der Waals surface area contributed by atoms with Gasteiger partial charge in [0.1, 0.15) is 11.3 Å². The van der Waals surface area contributed by atoms with Crippen molar-refractivity contribution in [1.82, 2.24) is 15.0 Å². The van der Waals surface area contributed by atoms with Gasteiger partial charge in [0.05, 0.1) is 11.1 Å². The van der Waals surface area contributed by atoms with E-state index in [2.05, 4.69) is 20.3 Å². The third-order valence-electron chi connectivity index (χ3n) is 2.59. The molecule has 0 aliphatic rings. The predicted octanol–water partition coefficient (Wildman–Crippen LogP) is 2.21. The van der Waals surface area contributed by atoms with E-state index in [-0.39, 0.29) is 5.91 Å². The molecule has 3 heterocycles. The number of anilines is 1. The molecule has 0 fully saturated rings. The van der Waals surface area contributed by atoms with Crippen LogP contribution >= 0.6 is 0 Å². The molecule has 0 unspecified atom stereocenters. The highest BCUT2D eigenvalue weighted by molar-refractivity contribution is 6.11. The highest BCUT2D eigenvalue weighted by Gasteiger charge is 2.12. The van der Waals surface area contributed by atoms with Crippen molar-refractivity contribution in [3.63, 3.8) is 0 Å². The molecule has 0 aliphatic heterocycles. The topological polar surface area (TPSA) is 70.7 Å². The molecule has 0 saturated carbocycles. The number of pyridine rings is 2. The second-order valence-corrected chi connectivity index (χ2v) is 3.77. The number of fused-ring (bicyclic) bond motifs is 1. The van der Waals surface area contributed by atoms with Crippen LogP contribution in [0, 0.1) is 0 Å². The fraction of sp³-hybridized carbons (Fsp3) is 0. The molecule has 18 heavy (non-hydrogen) atoms. The third-order valence-corrected chi connectivity index (χ3v) is 2.59. The summed E-state index contributed by atoms with van der Waals surface area (Å²) in [6, 6.07) is 9.04. The second-order valence-electron chi connectivity index (χ2n) is 3.77. The van der Waals surface area contributed by atoms with Crippen molar-refractivity contribution in [3.05, 3.63) is 54.5 Å². The van der Waals surface area contributed by atoms with E-state index in [9.17, 15) is 4.79 Å². The molecule has 0 atom stereocenters. The zero-order valence-corrected chi connectivity index (χ0v) is 9.42. The van der Waals surface area contributed by atoms with E-state index in [0.29, 0.717) is 16.9 Å². The Morgan fingerprint density at radius 2 is 2.00 bits per heavy atom. The summed E-state index contributed by atoms with van der Waals surface area (Å²) in [4.78, 5) is 23.3. The molecule has 88 valence electrons. The Morgan fingerprint density at radius 1 is 1.11 bits per heavy atom. The van der Waals surface area contributed by atoms with E-state index in [1.54, 1.807) is 30.7 Å². The van der Waals surface area contributed by atoms with Crippen molar-refractivity contribution < 1.29 is 4.79 Å². The number of carbonyl (C=O) groups is 1. The van der Waals surface area contributed by atoms with Gasteiger partial charge in [-0.3, -0.25) is 9.78 Å². The Morgan fingerprint density at radius 3 is 2.83 bits per heavy atom. The van der Waals surface area contributed by atoms with Gasteiger partial charge in [-0.25, -0.2) is 4.98 Å². The summed E-state index contributed by atoms with van der Waals surface area (Å²) in [7, 11) is 0. The molecule has 0 bridgehead atoms. The molecule has 0 spiro atoms. The van der Waals surface area contributed by atoms with Gasteiger partial charge in [-0.1, -0.05) is 6.07 Å². The summed E-state index contributed by atoms with van der Waals surface area (Å²) in [6.07, 6.45) is 4.94. The van der Waals surface area contributed by atoms with Crippen molar-refractivity contribution in [3.8, 4) is 0 Å². The standard InChI is InChI=1S/C13H10N4O/c18-13(17-11-5-1-2-6-14-11)9-8-16-10-4-3-7-15-12(9)10/h1-8,16H,(H,14,17,18). The van der Waals surface area contributed by atoms with E-state index < -0.39 is 0 Å². The molecule has 0 saturated heterocycles. The molecule has 0 aromatic carbocycles. The number of aromatic nitrogens is 3. The molecule has 1 amide bonds. The smallest absolute Gasteiger partial charge is 0.260 e. The zero-order valence-electron chi connectivity index (χ0n) is 9.42. The minimum atomic E-state index is -0.223. The first-order chi connectivity index (χ1) is 8.84. The molecular formula is C13H10N4O. The van der Waals surface area contributed by atoms with Crippen molar-refractivity contribution in [1.29, 1.82) is 0 Å². The van der Waals surface area contributed by atoms with Gasteiger partial charge in [0.25, 0.3) is 5.91 Å². The van der Waals surface area contributed by atoms with Crippen LogP contribution in [0.3, 0.4) is 0 Å². The van der Waals surface area contributed by atoms with Crippen LogP contribution in [0.15, 0.2) is 48.9 Å². The van der Waals surface area contributed by atoms with Crippen molar-refractivity contribution >= 4 is 22.8 Å². The van der Waals surface area contributed by atoms with Gasteiger partial charge in [0.15, 0.2) is 0 Å². The number of amides is 1. The van der Waals surface area contributed by atoms with Crippen molar-refractivity contribution in [2.75, 3.05) is 5.32 Å². The quantitative estimate of drug-likeness (QED) is 0.719. The SMILES string of the molecule is O=C(Nc1ccccn1)c1c[nH]c2cccnc12. The van der Waals surface area contributed by atoms with Gasteiger partial charge in [-0.05, 0) is 24.3 Å². The molecule has 3 aromatic rings. The molecule has 3 rings (SSSR count). The molecule has 5 nitrogen and oxygen atoms in total. The zero-order chi connectivity index (χ0) is 12.4. The van der Waals surface area contributed by atoms with Crippen LogP contribution in [0.5, 0.6) is 0 Å². The number of H-pyrrole nitrogens is 1. The lowest BCUT2D eigenvalue weighted by Gasteiger charge is -2.02. The number of hydrogen-bond acceptors (Lipinski definition) is 3. The maximum Gasteiger partial charge on any atom is 0.260 e. The first-order valence-electron chi connectivity index (χ1n) is 5.49. The van der Waals surface area contributed by atoms with Crippen molar-refractivity contribution in [2.45, 2.75) is 0 Å². The summed E-state index contributed by atoms with van der Waals surface area (Å²) in [5.74, 6) is 0.298. The van der Waals surface area contributed by atoms with E-state index >= 15 is 0 Å². The fourth-order valence-electron chi connectivity index (χ4n) is 1.75. The third kappa shape index (κ3) is 1.82. The van der Waals surface area contributed by atoms with Crippen LogP contribution in [-0.4, -0.2) is 20.9 Å². The van der Waals surface area contributed by atoms with Crippen LogP contribution in [0.4, 0.5) is 5.82 Å². The normalized spacial score (nSPS) is 10.4. The Bertz CT molecular complexity index is 690. The van der Waals surface area contributed by atoms with Crippen LogP contribution in [-0.2, 0) is 0 Å². The summed E-state index contributed by atoms with van der Waals surface area (Å²) < 4.78 is 0. The summed E-state index contributed by atoms with van der Waals surface area (Å²) in [5, 5.41) is 2.73. The summed E-state index contributed by atoms with van der Waals surface area (Å²) in [6.45, 7) is 0. The highest BCUT2D eigenvalue weighted by Crippen LogP contribution is 2.16. The van der Waals surface area contributed by atoms with Crippen LogP contribution in [0.25, 0.3) is 11.0 Å². The van der Waals surface area contributed by atoms with Crippen LogP contribution in [0.1, 0.15) is 10.4 Å². The Labute approximate surface area is 103 Å². The lowest BCUT2D eigenvalue weighted by atomic mass is 10.2. The van der Waals surface area contributed by atoms with E-state index in [1.165, 1.54) is 0 Å². The Balaban J connectivity index is 1.93. The molecule has 3 aromatic heterocycles.